The van der Waals surface area contributed by atoms with E-state index in [0.717, 1.165) is 0 Å². The monoisotopic (exact) mass is 1810 g/mol. The fourth-order valence-corrected chi connectivity index (χ4v) is 25.4. The van der Waals surface area contributed by atoms with Gasteiger partial charge in [0.25, 0.3) is 0 Å². The van der Waals surface area contributed by atoms with E-state index < -0.39 is 0 Å². The summed E-state index contributed by atoms with van der Waals surface area (Å²) in [7, 11) is 0. The van der Waals surface area contributed by atoms with E-state index in [0.29, 0.717) is 0 Å². The van der Waals surface area contributed by atoms with Crippen molar-refractivity contribution < 1.29 is 0 Å². The molecule has 0 amide bonds. The molecule has 0 nitrogen and oxygen atoms in total. The Labute approximate surface area is 831 Å². The lowest BCUT2D eigenvalue weighted by Gasteiger charge is -2.24. The van der Waals surface area contributed by atoms with E-state index in [1.54, 1.807) is 0 Å². The van der Waals surface area contributed by atoms with Gasteiger partial charge in [-0.2, -0.15) is 0 Å². The summed E-state index contributed by atoms with van der Waals surface area (Å²) in [4.78, 5) is 0. The van der Waals surface area contributed by atoms with E-state index in [1.165, 1.54) is 276 Å². The molecule has 142 heavy (non-hydrogen) atoms. The summed E-state index contributed by atoms with van der Waals surface area (Å²) in [6.07, 6.45) is 0. The molecular formula is C142H104. The third-order valence-corrected chi connectivity index (χ3v) is 32.2. The molecule has 0 saturated heterocycles. The van der Waals surface area contributed by atoms with Crippen molar-refractivity contribution in [1.82, 2.24) is 0 Å². The van der Waals surface area contributed by atoms with Crippen molar-refractivity contribution in [2.24, 2.45) is 0 Å². The highest BCUT2D eigenvalue weighted by Gasteiger charge is 2.42. The SMILES string of the molecule is CC1(C)c2ccccc2-c2c(-c3c4ccccc4c(-c4ccc(-c5ccccc5)cc4)c4ccc(-c5ccccc5)cc34)cccc21.CC1(C)c2ccccc2-c2c(-c3c4ccccc4c(-c4cccc5ccccc45)c4ccc(-c5ccccc5)cc34)cccc21.CC1(C)c2ccccc2-c2ccc(-c3c4ccccc4c(-c4cccc5c4-c4ccccc4C5(C)C)c4cc(-c5ccccc5)ccc34)cc21. The molecule has 0 heteroatoms. The van der Waals surface area contributed by atoms with Crippen LogP contribution in [0, 0.1) is 0 Å². The Kier molecular flexibility index (Phi) is 20.1. The lowest BCUT2D eigenvalue weighted by Crippen LogP contribution is -2.14. The lowest BCUT2D eigenvalue weighted by molar-refractivity contribution is 0.660. The van der Waals surface area contributed by atoms with Crippen LogP contribution in [0.1, 0.15) is 99.9 Å². The molecule has 0 aliphatic heterocycles. The fraction of sp³-hybridized carbons (Fsp3) is 0.0845. The van der Waals surface area contributed by atoms with Crippen molar-refractivity contribution in [1.29, 1.82) is 0 Å². The Balaban J connectivity index is 0.000000109. The molecule has 0 fully saturated rings. The Morgan fingerprint density at radius 3 is 0.725 bits per heavy atom. The summed E-state index contributed by atoms with van der Waals surface area (Å²) in [5.74, 6) is 0. The quantitative estimate of drug-likeness (QED) is 0.120. The zero-order chi connectivity index (χ0) is 95.4. The lowest BCUT2D eigenvalue weighted by atomic mass is 9.79. The van der Waals surface area contributed by atoms with E-state index in [4.69, 9.17) is 0 Å². The molecule has 0 N–H and O–H groups in total. The molecule has 24 aromatic rings. The van der Waals surface area contributed by atoms with Crippen LogP contribution in [0.25, 0.3) is 231 Å². The molecular weight excluding hydrogens is 1710 g/mol. The minimum absolute atomic E-state index is 0.0639. The van der Waals surface area contributed by atoms with Gasteiger partial charge in [0.05, 0.1) is 0 Å². The number of benzene rings is 24. The molecule has 0 spiro atoms. The minimum atomic E-state index is -0.0719. The van der Waals surface area contributed by atoms with Crippen LogP contribution in [-0.4, -0.2) is 0 Å². The molecule has 0 bridgehead atoms. The van der Waals surface area contributed by atoms with Gasteiger partial charge in [-0.15, -0.1) is 0 Å². The van der Waals surface area contributed by atoms with Crippen molar-refractivity contribution in [3.05, 3.63) is 530 Å². The number of hydrogen-bond acceptors (Lipinski definition) is 0. The molecule has 0 unspecified atom stereocenters. The molecule has 4 aliphatic carbocycles. The van der Waals surface area contributed by atoms with E-state index in [9.17, 15) is 0 Å². The van der Waals surface area contributed by atoms with Gasteiger partial charge in [0.15, 0.2) is 0 Å². The van der Waals surface area contributed by atoms with Crippen LogP contribution in [0.2, 0.25) is 0 Å². The molecule has 4 aliphatic rings. The van der Waals surface area contributed by atoms with Crippen LogP contribution in [0.3, 0.4) is 0 Å². The molecule has 28 rings (SSSR count). The first kappa shape index (κ1) is 85.5. The van der Waals surface area contributed by atoms with E-state index >= 15 is 0 Å². The van der Waals surface area contributed by atoms with Gasteiger partial charge < -0.3 is 0 Å². The largest absolute Gasteiger partial charge is 0.0622 e. The highest BCUT2D eigenvalue weighted by Crippen LogP contribution is 2.61. The number of rotatable bonds is 10. The minimum Gasteiger partial charge on any atom is -0.0622 e. The van der Waals surface area contributed by atoms with Crippen molar-refractivity contribution in [2.75, 3.05) is 0 Å². The van der Waals surface area contributed by atoms with Crippen molar-refractivity contribution in [2.45, 2.75) is 77.0 Å². The molecule has 0 atom stereocenters. The maximum atomic E-state index is 2.49. The maximum Gasteiger partial charge on any atom is 0.0159 e. The highest BCUT2D eigenvalue weighted by molar-refractivity contribution is 6.28. The Morgan fingerprint density at radius 1 is 0.106 bits per heavy atom. The Morgan fingerprint density at radius 2 is 0.331 bits per heavy atom. The summed E-state index contributed by atoms with van der Waals surface area (Å²) < 4.78 is 0. The molecule has 0 radical (unpaired) electrons. The van der Waals surface area contributed by atoms with Gasteiger partial charge in [0.2, 0.25) is 0 Å². The average Bonchev–Trinajstić information content (AvgIpc) is 1.46. The zero-order valence-corrected chi connectivity index (χ0v) is 81.2. The predicted octanol–water partition coefficient (Wildman–Crippen LogP) is 39.0. The standard InChI is InChI=1S/C50H38.C47H34.C45H32/c1-49(2)43-23-13-11-20-39(43)48-40(21-14-24-44(48)49)47-37-19-9-8-18-36(37)46(38-28-25-32(29-41(38)47)31-15-6-5-7-16-31)33-26-27-35-34-17-10-12-22-42(34)50(3,4)45(35)30-33;1-47(2)42-22-12-11-20-39(42)46-40(21-13-23-43(46)47)45-37-19-10-9-18-36(37)44(34-26-24-33(25-27-34)31-14-5-3-6-15-31)38-29-28-35(30-41(38)45)32-16-7-4-8-17-32;1-45(2)40-24-11-10-21-37(40)44-38(23-13-25-41(44)45)43-35-20-9-8-19-34(35)42(33-22-12-17-30-16-6-7-18-32(30)33)36-27-26-31(28-39(36)43)29-14-4-3-5-15-29/h5-30H,1-4H3;3-30H,1-2H3;3-28H,1-2H3. The first-order valence-electron chi connectivity index (χ1n) is 50.3. The highest BCUT2D eigenvalue weighted by atomic mass is 14.5. The zero-order valence-electron chi connectivity index (χ0n) is 81.2. The topological polar surface area (TPSA) is 0 Å². The van der Waals surface area contributed by atoms with E-state index in [-0.39, 0.29) is 21.7 Å². The third kappa shape index (κ3) is 13.5. The Bertz CT molecular complexity index is 9280. The van der Waals surface area contributed by atoms with Crippen LogP contribution in [0.4, 0.5) is 0 Å². The summed E-state index contributed by atoms with van der Waals surface area (Å²) in [6, 6.07) is 180. The summed E-state index contributed by atoms with van der Waals surface area (Å²) in [5.41, 5.74) is 47.2. The predicted molar refractivity (Wildman–Crippen MR) is 606 cm³/mol. The van der Waals surface area contributed by atoms with Crippen molar-refractivity contribution >= 4 is 75.4 Å². The van der Waals surface area contributed by atoms with E-state index in [1.807, 2.05) is 0 Å². The van der Waals surface area contributed by atoms with Crippen molar-refractivity contribution in [3.8, 4) is 156 Å². The number of fused-ring (bicyclic) bond motifs is 19. The smallest absolute Gasteiger partial charge is 0.0159 e. The van der Waals surface area contributed by atoms with Crippen LogP contribution >= 0.6 is 0 Å². The second kappa shape index (κ2) is 33.5. The molecule has 0 saturated carbocycles. The summed E-state index contributed by atoms with van der Waals surface area (Å²) in [6.45, 7) is 19.0. The normalized spacial score (nSPS) is 13.7. The van der Waals surface area contributed by atoms with Gasteiger partial charge >= 0.3 is 0 Å². The van der Waals surface area contributed by atoms with Crippen molar-refractivity contribution in [3.63, 3.8) is 0 Å². The molecule has 672 valence electrons. The Hall–Kier alpha value is -16.9. The average molecular weight is 1810 g/mol. The number of hydrogen-bond donors (Lipinski definition) is 0. The summed E-state index contributed by atoms with van der Waals surface area (Å²) >= 11 is 0. The maximum absolute atomic E-state index is 2.49. The second-order valence-corrected chi connectivity index (χ2v) is 41.4. The van der Waals surface area contributed by atoms with E-state index in [2.05, 4.69) is 541 Å². The van der Waals surface area contributed by atoms with Gasteiger partial charge in [-0.3, -0.25) is 0 Å². The van der Waals surface area contributed by atoms with Gasteiger partial charge in [0, 0.05) is 21.7 Å². The van der Waals surface area contributed by atoms with Gasteiger partial charge in [-0.1, -0.05) is 516 Å². The second-order valence-electron chi connectivity index (χ2n) is 41.4. The molecule has 24 aromatic carbocycles. The first-order valence-corrected chi connectivity index (χ1v) is 50.3. The van der Waals surface area contributed by atoms with Crippen LogP contribution < -0.4 is 0 Å². The van der Waals surface area contributed by atoms with Gasteiger partial charge in [-0.05, 0) is 300 Å². The molecule has 0 aromatic heterocycles. The first-order chi connectivity index (χ1) is 69.5. The van der Waals surface area contributed by atoms with Crippen LogP contribution in [0.15, 0.2) is 485 Å². The van der Waals surface area contributed by atoms with Crippen LogP contribution in [0.5, 0.6) is 0 Å². The van der Waals surface area contributed by atoms with Crippen LogP contribution in [-0.2, 0) is 21.7 Å². The molecule has 0 heterocycles. The third-order valence-electron chi connectivity index (χ3n) is 32.2. The summed E-state index contributed by atoms with van der Waals surface area (Å²) in [5, 5.41) is 17.9. The van der Waals surface area contributed by atoms with Gasteiger partial charge in [0.1, 0.15) is 0 Å². The fourth-order valence-electron chi connectivity index (χ4n) is 25.4. The van der Waals surface area contributed by atoms with Gasteiger partial charge in [-0.25, -0.2) is 0 Å².